The van der Waals surface area contributed by atoms with Crippen molar-refractivity contribution >= 4 is 6.09 Å². The Balaban J connectivity index is 1.76. The smallest absolute Gasteiger partial charge is 0.410 e. The number of nitrogens with two attached hydrogens (primary N) is 1. The third kappa shape index (κ3) is 4.22. The fourth-order valence-electron chi connectivity index (χ4n) is 2.09. The lowest BCUT2D eigenvalue weighted by molar-refractivity contribution is 0.0149. The fourth-order valence-corrected chi connectivity index (χ4v) is 2.09. The zero-order valence-corrected chi connectivity index (χ0v) is 11.0. The van der Waals surface area contributed by atoms with Crippen molar-refractivity contribution in [3.63, 3.8) is 0 Å². The molecule has 0 saturated carbocycles. The van der Waals surface area contributed by atoms with Crippen LogP contribution >= 0.6 is 0 Å². The highest BCUT2D eigenvalue weighted by Gasteiger charge is 2.24. The lowest BCUT2D eigenvalue weighted by atomic mass is 10.1. The molecule has 1 saturated heterocycles. The molecule has 19 heavy (non-hydrogen) atoms. The third-order valence-electron chi connectivity index (χ3n) is 3.12. The van der Waals surface area contributed by atoms with E-state index in [9.17, 15) is 4.79 Å². The number of amides is 1. The molecule has 0 aliphatic carbocycles. The van der Waals surface area contributed by atoms with Crippen LogP contribution < -0.4 is 10.5 Å². The van der Waals surface area contributed by atoms with Gasteiger partial charge in [-0.15, -0.1) is 0 Å². The van der Waals surface area contributed by atoms with Crippen molar-refractivity contribution in [2.45, 2.75) is 18.9 Å². The molecular formula is C14H20N2O3. The van der Waals surface area contributed by atoms with E-state index < -0.39 is 0 Å². The molecule has 0 aromatic heterocycles. The molecule has 0 atom stereocenters. The molecule has 0 bridgehead atoms. The minimum atomic E-state index is -0.288. The van der Waals surface area contributed by atoms with Crippen LogP contribution in [0.3, 0.4) is 0 Å². The highest BCUT2D eigenvalue weighted by Crippen LogP contribution is 2.16. The quantitative estimate of drug-likeness (QED) is 0.897. The highest BCUT2D eigenvalue weighted by molar-refractivity contribution is 5.70. The monoisotopic (exact) mass is 264 g/mol. The van der Waals surface area contributed by atoms with Crippen molar-refractivity contribution in [2.24, 2.45) is 5.73 Å². The molecule has 0 radical (unpaired) electrons. The van der Waals surface area contributed by atoms with Gasteiger partial charge in [0.1, 0.15) is 5.75 Å². The van der Waals surface area contributed by atoms with Crippen molar-refractivity contribution in [1.29, 1.82) is 0 Å². The second kappa shape index (κ2) is 7.11. The molecule has 1 aromatic carbocycles. The number of nitrogens with zero attached hydrogens (tertiary/aromatic N) is 1. The Hall–Kier alpha value is -1.59. The van der Waals surface area contributed by atoms with E-state index in [0.717, 1.165) is 12.8 Å². The van der Waals surface area contributed by atoms with Crippen LogP contribution in [0.2, 0.25) is 0 Å². The molecule has 1 aromatic rings. The minimum Gasteiger partial charge on any atom is -0.410 e. The number of carbonyl (C=O) groups excluding carboxylic acids is 1. The van der Waals surface area contributed by atoms with Crippen molar-refractivity contribution in [1.82, 2.24) is 4.90 Å². The van der Waals surface area contributed by atoms with Gasteiger partial charge >= 0.3 is 6.09 Å². The summed E-state index contributed by atoms with van der Waals surface area (Å²) in [5.74, 6) is 0.578. The Morgan fingerprint density at radius 3 is 2.58 bits per heavy atom. The number of benzene rings is 1. The molecule has 1 aliphatic heterocycles. The largest absolute Gasteiger partial charge is 0.415 e. The number of hydrogen-bond acceptors (Lipinski definition) is 4. The summed E-state index contributed by atoms with van der Waals surface area (Å²) in [7, 11) is 0. The summed E-state index contributed by atoms with van der Waals surface area (Å²) in [6.07, 6.45) is 1.60. The van der Waals surface area contributed by atoms with E-state index in [1.165, 1.54) is 0 Å². The van der Waals surface area contributed by atoms with Crippen LogP contribution in [0.15, 0.2) is 30.3 Å². The molecular weight excluding hydrogens is 244 g/mol. The lowest BCUT2D eigenvalue weighted by Gasteiger charge is -2.31. The summed E-state index contributed by atoms with van der Waals surface area (Å²) in [4.78, 5) is 13.6. The summed E-state index contributed by atoms with van der Waals surface area (Å²) in [5, 5.41) is 0. The van der Waals surface area contributed by atoms with Crippen LogP contribution in [0, 0.1) is 0 Å². The number of piperidine rings is 1. The van der Waals surface area contributed by atoms with Crippen LogP contribution in [0.5, 0.6) is 5.75 Å². The first-order chi connectivity index (χ1) is 9.29. The van der Waals surface area contributed by atoms with E-state index >= 15 is 0 Å². The van der Waals surface area contributed by atoms with E-state index in [4.69, 9.17) is 15.2 Å². The maximum atomic E-state index is 11.9. The normalized spacial score (nSPS) is 16.4. The van der Waals surface area contributed by atoms with Crippen molar-refractivity contribution in [3.05, 3.63) is 30.3 Å². The number of rotatable bonds is 4. The van der Waals surface area contributed by atoms with Crippen LogP contribution in [0.25, 0.3) is 0 Å². The van der Waals surface area contributed by atoms with Gasteiger partial charge in [-0.2, -0.15) is 0 Å². The van der Waals surface area contributed by atoms with E-state index in [1.807, 2.05) is 18.2 Å². The van der Waals surface area contributed by atoms with Gasteiger partial charge in [-0.1, -0.05) is 18.2 Å². The predicted molar refractivity (Wildman–Crippen MR) is 72.1 cm³/mol. The van der Waals surface area contributed by atoms with Crippen molar-refractivity contribution in [3.8, 4) is 5.75 Å². The predicted octanol–water partition coefficient (Wildman–Crippen LogP) is 1.63. The van der Waals surface area contributed by atoms with Gasteiger partial charge < -0.3 is 20.1 Å². The van der Waals surface area contributed by atoms with Crippen molar-refractivity contribution in [2.75, 3.05) is 26.2 Å². The van der Waals surface area contributed by atoms with Crippen LogP contribution in [0.1, 0.15) is 12.8 Å². The first kappa shape index (κ1) is 13.8. The molecule has 0 unspecified atom stereocenters. The van der Waals surface area contributed by atoms with Gasteiger partial charge in [0.2, 0.25) is 0 Å². The van der Waals surface area contributed by atoms with Gasteiger partial charge in [0.05, 0.1) is 12.7 Å². The maximum Gasteiger partial charge on any atom is 0.415 e. The summed E-state index contributed by atoms with van der Waals surface area (Å²) >= 11 is 0. The molecule has 5 heteroatoms. The standard InChI is InChI=1S/C14H20N2O3/c15-8-11-18-12-6-9-16(10-7-12)14(17)19-13-4-2-1-3-5-13/h1-5,12H,6-11,15H2. The third-order valence-corrected chi connectivity index (χ3v) is 3.12. The van der Waals surface area contributed by atoms with Gasteiger partial charge in [0.15, 0.2) is 0 Å². The Bertz CT molecular complexity index is 389. The molecule has 104 valence electrons. The first-order valence-electron chi connectivity index (χ1n) is 6.63. The Morgan fingerprint density at radius 2 is 1.95 bits per heavy atom. The second-order valence-corrected chi connectivity index (χ2v) is 4.53. The number of likely N-dealkylation sites (tertiary alicyclic amines) is 1. The highest BCUT2D eigenvalue weighted by atomic mass is 16.6. The summed E-state index contributed by atoms with van der Waals surface area (Å²) in [6, 6.07) is 9.12. The number of carbonyl (C=O) groups is 1. The second-order valence-electron chi connectivity index (χ2n) is 4.53. The summed E-state index contributed by atoms with van der Waals surface area (Å²) < 4.78 is 10.9. The van der Waals surface area contributed by atoms with Gasteiger partial charge in [0, 0.05) is 19.6 Å². The van der Waals surface area contributed by atoms with E-state index in [0.29, 0.717) is 32.0 Å². The van der Waals surface area contributed by atoms with Gasteiger partial charge in [0.25, 0.3) is 0 Å². The van der Waals surface area contributed by atoms with Crippen LogP contribution in [-0.2, 0) is 4.74 Å². The van der Waals surface area contributed by atoms with Gasteiger partial charge in [-0.3, -0.25) is 0 Å². The lowest BCUT2D eigenvalue weighted by Crippen LogP contribution is -2.42. The number of para-hydroxylation sites is 1. The fraction of sp³-hybridized carbons (Fsp3) is 0.500. The van der Waals surface area contributed by atoms with E-state index in [-0.39, 0.29) is 12.2 Å². The molecule has 5 nitrogen and oxygen atoms in total. The summed E-state index contributed by atoms with van der Waals surface area (Å²) in [5.41, 5.74) is 5.40. The number of ether oxygens (including phenoxy) is 2. The maximum absolute atomic E-state index is 11.9. The topological polar surface area (TPSA) is 64.8 Å². The number of hydrogen-bond donors (Lipinski definition) is 1. The first-order valence-corrected chi connectivity index (χ1v) is 6.63. The van der Waals surface area contributed by atoms with Gasteiger partial charge in [-0.05, 0) is 25.0 Å². The van der Waals surface area contributed by atoms with E-state index in [1.54, 1.807) is 17.0 Å². The molecule has 1 amide bonds. The molecule has 2 N–H and O–H groups in total. The molecule has 1 fully saturated rings. The van der Waals surface area contributed by atoms with Crippen LogP contribution in [-0.4, -0.2) is 43.3 Å². The Labute approximate surface area is 113 Å². The van der Waals surface area contributed by atoms with Gasteiger partial charge in [-0.25, -0.2) is 4.79 Å². The SMILES string of the molecule is NCCOC1CCN(C(=O)Oc2ccccc2)CC1. The summed E-state index contributed by atoms with van der Waals surface area (Å²) in [6.45, 7) is 2.46. The van der Waals surface area contributed by atoms with E-state index in [2.05, 4.69) is 0 Å². The molecule has 2 rings (SSSR count). The molecule has 0 spiro atoms. The minimum absolute atomic E-state index is 0.212. The van der Waals surface area contributed by atoms with Crippen LogP contribution in [0.4, 0.5) is 4.79 Å². The zero-order valence-electron chi connectivity index (χ0n) is 11.0. The molecule has 1 aliphatic rings. The Kier molecular flexibility index (Phi) is 5.18. The average molecular weight is 264 g/mol. The average Bonchev–Trinajstić information content (AvgIpc) is 2.46. The van der Waals surface area contributed by atoms with Crippen molar-refractivity contribution < 1.29 is 14.3 Å². The zero-order chi connectivity index (χ0) is 13.5. The Morgan fingerprint density at radius 1 is 1.26 bits per heavy atom. The molecule has 1 heterocycles.